The second kappa shape index (κ2) is 6.30. The summed E-state index contributed by atoms with van der Waals surface area (Å²) in [5.74, 6) is 0.395. The Morgan fingerprint density at radius 2 is 1.91 bits per heavy atom. The molecule has 0 aliphatic heterocycles. The molecule has 0 radical (unpaired) electrons. The van der Waals surface area contributed by atoms with Crippen molar-refractivity contribution in [1.82, 2.24) is 15.0 Å². The Balaban J connectivity index is 2.00. The van der Waals surface area contributed by atoms with E-state index in [1.165, 1.54) is 18.5 Å². The van der Waals surface area contributed by atoms with Crippen molar-refractivity contribution in [1.29, 1.82) is 0 Å². The molecule has 3 rings (SSSR count). The van der Waals surface area contributed by atoms with Crippen LogP contribution in [0.15, 0.2) is 61.1 Å². The Hall–Kier alpha value is -2.82. The lowest BCUT2D eigenvalue weighted by atomic mass is 10.0. The van der Waals surface area contributed by atoms with Gasteiger partial charge in [0, 0.05) is 18.0 Å². The minimum Gasteiger partial charge on any atom is -0.357 e. The number of benzene rings is 1. The molecule has 4 nitrogen and oxygen atoms in total. The van der Waals surface area contributed by atoms with Gasteiger partial charge < -0.3 is 5.32 Å². The van der Waals surface area contributed by atoms with Gasteiger partial charge in [-0.3, -0.25) is 4.98 Å². The maximum Gasteiger partial charge on any atom is 0.130 e. The van der Waals surface area contributed by atoms with Crippen LogP contribution in [0.25, 0.3) is 0 Å². The van der Waals surface area contributed by atoms with E-state index < -0.39 is 0 Å². The van der Waals surface area contributed by atoms with Crippen molar-refractivity contribution >= 4 is 5.82 Å². The molecule has 1 N–H and O–H groups in total. The monoisotopic (exact) mass is 294 g/mol. The molecule has 0 fully saturated rings. The van der Waals surface area contributed by atoms with Crippen LogP contribution < -0.4 is 5.32 Å². The first-order valence-electron chi connectivity index (χ1n) is 6.94. The lowest BCUT2D eigenvalue weighted by Gasteiger charge is -2.19. The van der Waals surface area contributed by atoms with Crippen LogP contribution in [0.1, 0.15) is 23.0 Å². The number of aromatic nitrogens is 3. The summed E-state index contributed by atoms with van der Waals surface area (Å²) < 4.78 is 13.6. The van der Waals surface area contributed by atoms with E-state index in [2.05, 4.69) is 20.3 Å². The Morgan fingerprint density at radius 3 is 2.64 bits per heavy atom. The molecule has 1 aromatic carbocycles. The smallest absolute Gasteiger partial charge is 0.130 e. The minimum atomic E-state index is -0.286. The number of rotatable bonds is 4. The van der Waals surface area contributed by atoms with Gasteiger partial charge in [0.05, 0.1) is 11.7 Å². The first kappa shape index (κ1) is 14.1. The molecule has 0 aliphatic carbocycles. The summed E-state index contributed by atoms with van der Waals surface area (Å²) in [5, 5.41) is 3.30. The number of pyridine rings is 1. The van der Waals surface area contributed by atoms with Crippen molar-refractivity contribution in [2.24, 2.45) is 0 Å². The van der Waals surface area contributed by atoms with Crippen molar-refractivity contribution in [2.75, 3.05) is 5.32 Å². The molecule has 1 atom stereocenters. The number of hydrogen-bond donors (Lipinski definition) is 1. The highest BCUT2D eigenvalue weighted by Crippen LogP contribution is 2.25. The maximum atomic E-state index is 13.6. The van der Waals surface area contributed by atoms with Crippen LogP contribution in [-0.2, 0) is 0 Å². The fourth-order valence-corrected chi connectivity index (χ4v) is 2.24. The van der Waals surface area contributed by atoms with Gasteiger partial charge in [-0.1, -0.05) is 18.2 Å². The first-order valence-corrected chi connectivity index (χ1v) is 6.94. The fraction of sp³-hybridized carbons (Fsp3) is 0.118. The van der Waals surface area contributed by atoms with Crippen LogP contribution in [0.4, 0.5) is 10.2 Å². The molecule has 0 bridgehead atoms. The third kappa shape index (κ3) is 3.25. The highest BCUT2D eigenvalue weighted by atomic mass is 19.1. The molecule has 0 saturated carbocycles. The van der Waals surface area contributed by atoms with Crippen molar-refractivity contribution in [3.8, 4) is 0 Å². The van der Waals surface area contributed by atoms with Crippen molar-refractivity contribution in [2.45, 2.75) is 13.0 Å². The van der Waals surface area contributed by atoms with Crippen LogP contribution in [0, 0.1) is 12.7 Å². The van der Waals surface area contributed by atoms with Gasteiger partial charge in [-0.15, -0.1) is 0 Å². The highest BCUT2D eigenvalue weighted by molar-refractivity contribution is 5.43. The van der Waals surface area contributed by atoms with E-state index in [9.17, 15) is 4.39 Å². The zero-order valence-electron chi connectivity index (χ0n) is 12.1. The van der Waals surface area contributed by atoms with E-state index in [0.717, 1.165) is 17.0 Å². The number of nitrogens with one attached hydrogen (secondary N) is 1. The molecule has 2 aromatic heterocycles. The topological polar surface area (TPSA) is 50.7 Å². The minimum absolute atomic E-state index is 0.279. The molecule has 0 amide bonds. The number of halogens is 1. The van der Waals surface area contributed by atoms with E-state index >= 15 is 0 Å². The van der Waals surface area contributed by atoms with Crippen molar-refractivity contribution in [3.05, 3.63) is 83.8 Å². The van der Waals surface area contributed by atoms with Crippen LogP contribution in [0.5, 0.6) is 0 Å². The summed E-state index contributed by atoms with van der Waals surface area (Å²) in [6, 6.07) is 13.7. The molecular formula is C17H15FN4. The number of hydrogen-bond acceptors (Lipinski definition) is 4. The second-order valence-electron chi connectivity index (χ2n) is 4.93. The summed E-state index contributed by atoms with van der Waals surface area (Å²) in [6.45, 7) is 1.89. The predicted octanol–water partition coefficient (Wildman–Crippen LogP) is 3.52. The van der Waals surface area contributed by atoms with Crippen LogP contribution in [0.2, 0.25) is 0 Å². The summed E-state index contributed by atoms with van der Waals surface area (Å²) in [4.78, 5) is 12.7. The van der Waals surface area contributed by atoms with Gasteiger partial charge in [0.15, 0.2) is 0 Å². The second-order valence-corrected chi connectivity index (χ2v) is 4.93. The summed E-state index contributed by atoms with van der Waals surface area (Å²) >= 11 is 0. The molecule has 22 heavy (non-hydrogen) atoms. The molecule has 3 aromatic rings. The van der Waals surface area contributed by atoms with Crippen molar-refractivity contribution < 1.29 is 4.39 Å². The van der Waals surface area contributed by atoms with E-state index in [-0.39, 0.29) is 11.9 Å². The van der Waals surface area contributed by atoms with Gasteiger partial charge in [0.25, 0.3) is 0 Å². The Labute approximate surface area is 128 Å². The number of anilines is 1. The average Bonchev–Trinajstić information content (AvgIpc) is 2.53. The van der Waals surface area contributed by atoms with E-state index in [4.69, 9.17) is 0 Å². The van der Waals surface area contributed by atoms with Gasteiger partial charge in [-0.2, -0.15) is 0 Å². The molecule has 0 aliphatic rings. The zero-order valence-corrected chi connectivity index (χ0v) is 12.1. The van der Waals surface area contributed by atoms with Gasteiger partial charge >= 0.3 is 0 Å². The van der Waals surface area contributed by atoms with E-state index in [1.807, 2.05) is 37.3 Å². The maximum absolute atomic E-state index is 13.6. The highest BCUT2D eigenvalue weighted by Gasteiger charge is 2.16. The van der Waals surface area contributed by atoms with Crippen LogP contribution >= 0.6 is 0 Å². The number of nitrogens with zero attached hydrogens (tertiary/aromatic N) is 3. The lowest BCUT2D eigenvalue weighted by molar-refractivity contribution is 0.624. The van der Waals surface area contributed by atoms with Crippen LogP contribution in [-0.4, -0.2) is 15.0 Å². The van der Waals surface area contributed by atoms with Gasteiger partial charge in [0.1, 0.15) is 18.0 Å². The SMILES string of the molecule is Cc1cc(N[C@H](c2cccc(F)c2)c2ccccn2)ncn1. The molecule has 0 unspecified atom stereocenters. The van der Waals surface area contributed by atoms with Gasteiger partial charge in [-0.05, 0) is 36.8 Å². The standard InChI is InChI=1S/C17H15FN4/c1-12-9-16(21-11-20-12)22-17(15-7-2-3-8-19-15)13-5-4-6-14(18)10-13/h2-11,17H,1H3,(H,20,21,22)/t17-/m1/s1. The van der Waals surface area contributed by atoms with Crippen LogP contribution in [0.3, 0.4) is 0 Å². The summed E-state index contributed by atoms with van der Waals surface area (Å²) in [5.41, 5.74) is 2.44. The Kier molecular flexibility index (Phi) is 4.05. The molecule has 5 heteroatoms. The van der Waals surface area contributed by atoms with Gasteiger partial charge in [0.2, 0.25) is 0 Å². The third-order valence-corrected chi connectivity index (χ3v) is 3.26. The third-order valence-electron chi connectivity index (χ3n) is 3.26. The largest absolute Gasteiger partial charge is 0.357 e. The molecular weight excluding hydrogens is 279 g/mol. The van der Waals surface area contributed by atoms with E-state index in [1.54, 1.807) is 12.3 Å². The van der Waals surface area contributed by atoms with Gasteiger partial charge in [-0.25, -0.2) is 14.4 Å². The zero-order chi connectivity index (χ0) is 15.4. The molecule has 0 spiro atoms. The predicted molar refractivity (Wildman–Crippen MR) is 82.9 cm³/mol. The molecule has 2 heterocycles. The quantitative estimate of drug-likeness (QED) is 0.800. The summed E-state index contributed by atoms with van der Waals surface area (Å²) in [7, 11) is 0. The lowest BCUT2D eigenvalue weighted by Crippen LogP contribution is -2.15. The summed E-state index contributed by atoms with van der Waals surface area (Å²) in [6.07, 6.45) is 3.22. The van der Waals surface area contributed by atoms with E-state index in [0.29, 0.717) is 5.82 Å². The Bertz CT molecular complexity index is 761. The number of aryl methyl sites for hydroxylation is 1. The van der Waals surface area contributed by atoms with Crippen molar-refractivity contribution in [3.63, 3.8) is 0 Å². The Morgan fingerprint density at radius 1 is 1.00 bits per heavy atom. The first-order chi connectivity index (χ1) is 10.7. The fourth-order valence-electron chi connectivity index (χ4n) is 2.24. The molecule has 0 saturated heterocycles. The molecule has 110 valence electrons. The average molecular weight is 294 g/mol. The normalized spacial score (nSPS) is 11.9.